The van der Waals surface area contributed by atoms with Crippen LogP contribution in [0.25, 0.3) is 11.0 Å². The van der Waals surface area contributed by atoms with E-state index in [1.165, 1.54) is 0 Å². The third-order valence-electron chi connectivity index (χ3n) is 4.63. The number of benzene rings is 1. The molecule has 0 bridgehead atoms. The minimum Gasteiger partial charge on any atom is -0.508 e. The van der Waals surface area contributed by atoms with Crippen LogP contribution in [0.5, 0.6) is 5.75 Å². The summed E-state index contributed by atoms with van der Waals surface area (Å²) in [5.41, 5.74) is 3.80. The van der Waals surface area contributed by atoms with E-state index in [1.54, 1.807) is 31.0 Å². The molecule has 25 heavy (non-hydrogen) atoms. The number of hydrogen-bond donors (Lipinski definition) is 3. The molecule has 1 aromatic carbocycles. The molecule has 0 fully saturated rings. The molecule has 124 valence electrons. The molecule has 1 unspecified atom stereocenters. The van der Waals surface area contributed by atoms with Crippen LogP contribution < -0.4 is 4.90 Å². The highest BCUT2D eigenvalue weighted by molar-refractivity contribution is 5.86. The van der Waals surface area contributed by atoms with Gasteiger partial charge in [-0.15, -0.1) is 0 Å². The summed E-state index contributed by atoms with van der Waals surface area (Å²) in [6, 6.07) is 7.34. The zero-order chi connectivity index (χ0) is 16.8. The fraction of sp³-hybridized carbons (Fsp3) is 0.176. The summed E-state index contributed by atoms with van der Waals surface area (Å²) < 4.78 is 0. The van der Waals surface area contributed by atoms with Crippen LogP contribution in [-0.2, 0) is 6.54 Å². The lowest BCUT2D eigenvalue weighted by molar-refractivity contribution is 0.473. The Morgan fingerprint density at radius 3 is 3.08 bits per heavy atom. The fourth-order valence-electron chi connectivity index (χ4n) is 3.49. The molecule has 0 aliphatic carbocycles. The van der Waals surface area contributed by atoms with Crippen molar-refractivity contribution in [1.82, 2.24) is 30.1 Å². The topological polar surface area (TPSA) is 107 Å². The SMILES string of the molecule is Oc1cccc(C2CN(c3ncnc4[nH]ncc34)Cc3[nH]cnc32)c1. The second-order valence-corrected chi connectivity index (χ2v) is 6.12. The Balaban J connectivity index is 1.61. The van der Waals surface area contributed by atoms with E-state index < -0.39 is 0 Å². The van der Waals surface area contributed by atoms with Crippen LogP contribution in [0, 0.1) is 0 Å². The standard InChI is InChI=1S/C17H15N7O/c25-11-3-1-2-10(4-11)13-6-24(7-14-15(13)19-8-18-14)17-12-5-22-23-16(12)20-9-21-17/h1-5,8-9,13,25H,6-7H2,(H,18,19)(H,20,21,22,23). The summed E-state index contributed by atoms with van der Waals surface area (Å²) >= 11 is 0. The fourth-order valence-corrected chi connectivity index (χ4v) is 3.49. The predicted octanol–water partition coefficient (Wildman–Crippen LogP) is 1.93. The number of fused-ring (bicyclic) bond motifs is 2. The number of aromatic amines is 2. The molecule has 1 atom stereocenters. The van der Waals surface area contributed by atoms with Crippen molar-refractivity contribution in [2.24, 2.45) is 0 Å². The normalized spacial score (nSPS) is 17.0. The molecule has 0 radical (unpaired) electrons. The van der Waals surface area contributed by atoms with Crippen LogP contribution in [0.1, 0.15) is 22.9 Å². The first-order chi connectivity index (χ1) is 12.3. The average molecular weight is 333 g/mol. The second kappa shape index (κ2) is 5.30. The first kappa shape index (κ1) is 14.0. The van der Waals surface area contributed by atoms with Crippen molar-refractivity contribution in [2.75, 3.05) is 11.4 Å². The number of imidazole rings is 1. The summed E-state index contributed by atoms with van der Waals surface area (Å²) in [6.07, 6.45) is 5.01. The van der Waals surface area contributed by atoms with Crippen molar-refractivity contribution in [3.05, 3.63) is 60.1 Å². The van der Waals surface area contributed by atoms with E-state index in [1.807, 2.05) is 12.1 Å². The number of nitrogens with zero attached hydrogens (tertiary/aromatic N) is 5. The largest absolute Gasteiger partial charge is 0.508 e. The molecule has 4 heterocycles. The number of hydrogen-bond acceptors (Lipinski definition) is 6. The molecule has 0 amide bonds. The van der Waals surface area contributed by atoms with Gasteiger partial charge in [-0.1, -0.05) is 12.1 Å². The summed E-state index contributed by atoms with van der Waals surface area (Å²) in [5.74, 6) is 1.13. The number of phenols is 1. The van der Waals surface area contributed by atoms with Gasteiger partial charge in [0.1, 0.15) is 17.9 Å². The zero-order valence-electron chi connectivity index (χ0n) is 13.2. The highest BCUT2D eigenvalue weighted by Gasteiger charge is 2.30. The molecule has 4 aromatic rings. The number of anilines is 1. The molecule has 3 aromatic heterocycles. The van der Waals surface area contributed by atoms with Crippen molar-refractivity contribution >= 4 is 16.9 Å². The summed E-state index contributed by atoms with van der Waals surface area (Å²) in [7, 11) is 0. The lowest BCUT2D eigenvalue weighted by Gasteiger charge is -2.33. The van der Waals surface area contributed by atoms with Crippen molar-refractivity contribution in [3.8, 4) is 5.75 Å². The Morgan fingerprint density at radius 1 is 1.20 bits per heavy atom. The number of rotatable bonds is 2. The molecule has 8 heteroatoms. The summed E-state index contributed by atoms with van der Waals surface area (Å²) in [5, 5.41) is 17.7. The molecule has 8 nitrogen and oxygen atoms in total. The number of phenolic OH excluding ortho intramolecular Hbond substituents is 1. The molecule has 3 N–H and O–H groups in total. The van der Waals surface area contributed by atoms with Crippen molar-refractivity contribution in [2.45, 2.75) is 12.5 Å². The Labute approximate surface area is 142 Å². The smallest absolute Gasteiger partial charge is 0.160 e. The molecule has 5 rings (SSSR count). The molecule has 1 aliphatic rings. The van der Waals surface area contributed by atoms with Crippen LogP contribution >= 0.6 is 0 Å². The zero-order valence-corrected chi connectivity index (χ0v) is 13.2. The molecule has 1 aliphatic heterocycles. The van der Waals surface area contributed by atoms with Gasteiger partial charge in [0, 0.05) is 12.5 Å². The van der Waals surface area contributed by atoms with Gasteiger partial charge in [-0.2, -0.15) is 5.10 Å². The lowest BCUT2D eigenvalue weighted by Crippen LogP contribution is -2.35. The summed E-state index contributed by atoms with van der Waals surface area (Å²) in [6.45, 7) is 1.39. The van der Waals surface area contributed by atoms with Crippen LogP contribution in [-0.4, -0.2) is 41.8 Å². The highest BCUT2D eigenvalue weighted by atomic mass is 16.3. The van der Waals surface area contributed by atoms with E-state index in [0.29, 0.717) is 18.7 Å². The van der Waals surface area contributed by atoms with Gasteiger partial charge in [0.15, 0.2) is 5.65 Å². The van der Waals surface area contributed by atoms with Crippen molar-refractivity contribution < 1.29 is 5.11 Å². The second-order valence-electron chi connectivity index (χ2n) is 6.12. The van der Waals surface area contributed by atoms with Crippen LogP contribution in [0.15, 0.2) is 43.1 Å². The van der Waals surface area contributed by atoms with E-state index >= 15 is 0 Å². The number of aromatic nitrogens is 6. The first-order valence-corrected chi connectivity index (χ1v) is 7.99. The third-order valence-corrected chi connectivity index (χ3v) is 4.63. The van der Waals surface area contributed by atoms with Gasteiger partial charge in [0.05, 0.1) is 35.8 Å². The molecular formula is C17H15N7O. The van der Waals surface area contributed by atoms with Gasteiger partial charge >= 0.3 is 0 Å². The third kappa shape index (κ3) is 2.22. The van der Waals surface area contributed by atoms with E-state index in [-0.39, 0.29) is 11.7 Å². The van der Waals surface area contributed by atoms with Gasteiger partial charge in [0.2, 0.25) is 0 Å². The van der Waals surface area contributed by atoms with Gasteiger partial charge in [-0.3, -0.25) is 5.10 Å². The van der Waals surface area contributed by atoms with Crippen LogP contribution in [0.3, 0.4) is 0 Å². The van der Waals surface area contributed by atoms with Gasteiger partial charge < -0.3 is 15.0 Å². The number of H-pyrrole nitrogens is 2. The maximum Gasteiger partial charge on any atom is 0.160 e. The average Bonchev–Trinajstić information content (AvgIpc) is 3.29. The molecule has 0 saturated heterocycles. The predicted molar refractivity (Wildman–Crippen MR) is 91.3 cm³/mol. The minimum absolute atomic E-state index is 0.0408. The van der Waals surface area contributed by atoms with Crippen molar-refractivity contribution in [3.63, 3.8) is 0 Å². The lowest BCUT2D eigenvalue weighted by atomic mass is 9.90. The van der Waals surface area contributed by atoms with Crippen LogP contribution in [0.4, 0.5) is 5.82 Å². The Hall–Kier alpha value is -3.42. The Morgan fingerprint density at radius 2 is 2.16 bits per heavy atom. The van der Waals surface area contributed by atoms with Crippen LogP contribution in [0.2, 0.25) is 0 Å². The monoisotopic (exact) mass is 333 g/mol. The minimum atomic E-state index is 0.0408. The van der Waals surface area contributed by atoms with E-state index in [9.17, 15) is 5.11 Å². The number of nitrogens with one attached hydrogen (secondary N) is 2. The number of aromatic hydroxyl groups is 1. The quantitative estimate of drug-likeness (QED) is 0.517. The van der Waals surface area contributed by atoms with Gasteiger partial charge in [-0.05, 0) is 17.7 Å². The first-order valence-electron chi connectivity index (χ1n) is 7.99. The Kier molecular flexibility index (Phi) is 2.96. The Bertz CT molecular complexity index is 1050. The van der Waals surface area contributed by atoms with E-state index in [0.717, 1.165) is 28.2 Å². The molecule has 0 saturated carbocycles. The van der Waals surface area contributed by atoms with Gasteiger partial charge in [0.25, 0.3) is 0 Å². The van der Waals surface area contributed by atoms with Crippen molar-refractivity contribution in [1.29, 1.82) is 0 Å². The highest BCUT2D eigenvalue weighted by Crippen LogP contribution is 2.35. The maximum absolute atomic E-state index is 9.86. The summed E-state index contributed by atoms with van der Waals surface area (Å²) in [4.78, 5) is 18.6. The van der Waals surface area contributed by atoms with E-state index in [4.69, 9.17) is 0 Å². The van der Waals surface area contributed by atoms with Gasteiger partial charge in [-0.25, -0.2) is 15.0 Å². The maximum atomic E-state index is 9.86. The van der Waals surface area contributed by atoms with E-state index in [2.05, 4.69) is 35.0 Å². The molecular weight excluding hydrogens is 318 g/mol. The molecule has 0 spiro atoms.